The number of hydrogen-bond donors (Lipinski definition) is 2. The fourth-order valence-corrected chi connectivity index (χ4v) is 5.08. The van der Waals surface area contributed by atoms with Gasteiger partial charge in [-0.2, -0.15) is 26.3 Å². The summed E-state index contributed by atoms with van der Waals surface area (Å²) in [7, 11) is 0. The summed E-state index contributed by atoms with van der Waals surface area (Å²) in [6.07, 6.45) is -10.2. The quantitative estimate of drug-likeness (QED) is 0.549. The smallest absolute Gasteiger partial charge is 0.394 e. The monoisotopic (exact) mass is 516 g/mol. The maximum atomic E-state index is 13.3. The van der Waals surface area contributed by atoms with E-state index in [1.165, 1.54) is 6.92 Å². The zero-order chi connectivity index (χ0) is 26.4. The van der Waals surface area contributed by atoms with Gasteiger partial charge < -0.3 is 15.2 Å². The number of alkyl halides is 6. The van der Waals surface area contributed by atoms with E-state index in [9.17, 15) is 36.2 Å². The maximum absolute atomic E-state index is 13.3. The van der Waals surface area contributed by atoms with Crippen molar-refractivity contribution in [1.29, 1.82) is 0 Å². The van der Waals surface area contributed by atoms with E-state index in [0.29, 0.717) is 31.5 Å². The van der Waals surface area contributed by atoms with E-state index in [0.717, 1.165) is 5.56 Å². The Bertz CT molecular complexity index is 1070. The molecule has 2 fully saturated rings. The first kappa shape index (κ1) is 26.4. The number of hydrogen-bond acceptors (Lipinski definition) is 4. The lowest BCUT2D eigenvalue weighted by atomic mass is 9.73. The number of fused-ring (bicyclic) bond motifs is 2. The minimum atomic E-state index is -4.96. The highest BCUT2D eigenvalue weighted by atomic mass is 19.4. The summed E-state index contributed by atoms with van der Waals surface area (Å²) in [5.41, 5.74) is -3.93. The molecule has 1 unspecified atom stereocenters. The van der Waals surface area contributed by atoms with E-state index in [2.05, 4.69) is 5.32 Å². The standard InChI is InChI=1S/C25H26F6N2O3/c1-16(17-9-19(24(26,27)28)11-20(10-17)25(29,30)31)36-15-23(18-5-3-2-4-6-18)8-7-22(14-34)13-33(23)12-21(35)32-22/h2-6,9-11,16,34H,7-8,12-15H2,1H3,(H,32,35)/t16-,22+,23-/m1/s1. The van der Waals surface area contributed by atoms with Gasteiger partial charge in [-0.15, -0.1) is 0 Å². The second-order valence-electron chi connectivity index (χ2n) is 9.53. The highest BCUT2D eigenvalue weighted by Gasteiger charge is 2.52. The second kappa shape index (κ2) is 9.35. The number of carbonyl (C=O) groups is 1. The van der Waals surface area contributed by atoms with Crippen LogP contribution in [0.25, 0.3) is 0 Å². The van der Waals surface area contributed by atoms with Gasteiger partial charge in [0.05, 0.1) is 48.1 Å². The van der Waals surface area contributed by atoms with Crippen molar-refractivity contribution < 1.29 is 41.0 Å². The van der Waals surface area contributed by atoms with Gasteiger partial charge in [0, 0.05) is 6.54 Å². The third kappa shape index (κ3) is 5.09. The second-order valence-corrected chi connectivity index (χ2v) is 9.53. The molecule has 0 radical (unpaired) electrons. The molecule has 0 aliphatic carbocycles. The number of piperazine rings is 1. The minimum Gasteiger partial charge on any atom is -0.394 e. The predicted molar refractivity (Wildman–Crippen MR) is 118 cm³/mol. The van der Waals surface area contributed by atoms with Gasteiger partial charge in [0.15, 0.2) is 0 Å². The lowest BCUT2D eigenvalue weighted by Gasteiger charge is -2.56. The molecule has 2 bridgehead atoms. The van der Waals surface area contributed by atoms with Crippen LogP contribution in [0.15, 0.2) is 48.5 Å². The number of amides is 1. The first-order valence-corrected chi connectivity index (χ1v) is 11.4. The fourth-order valence-electron chi connectivity index (χ4n) is 5.08. The summed E-state index contributed by atoms with van der Waals surface area (Å²) in [5.74, 6) is -0.281. The number of rotatable bonds is 6. The van der Waals surface area contributed by atoms with Crippen molar-refractivity contribution in [3.63, 3.8) is 0 Å². The Morgan fingerprint density at radius 1 is 1.03 bits per heavy atom. The van der Waals surface area contributed by atoms with Crippen LogP contribution >= 0.6 is 0 Å². The van der Waals surface area contributed by atoms with Gasteiger partial charge in [0.25, 0.3) is 0 Å². The number of nitrogens with zero attached hydrogens (tertiary/aromatic N) is 1. The van der Waals surface area contributed by atoms with Gasteiger partial charge in [0.2, 0.25) is 5.91 Å². The highest BCUT2D eigenvalue weighted by molar-refractivity contribution is 5.80. The van der Waals surface area contributed by atoms with Crippen LogP contribution in [-0.4, -0.2) is 47.8 Å². The van der Waals surface area contributed by atoms with Crippen molar-refractivity contribution >= 4 is 5.91 Å². The molecule has 2 aliphatic heterocycles. The lowest BCUT2D eigenvalue weighted by Crippen LogP contribution is -2.72. The van der Waals surface area contributed by atoms with E-state index in [1.54, 1.807) is 12.1 Å². The van der Waals surface area contributed by atoms with Crippen LogP contribution < -0.4 is 5.32 Å². The third-order valence-electron chi connectivity index (χ3n) is 7.12. The Morgan fingerprint density at radius 2 is 1.64 bits per heavy atom. The van der Waals surface area contributed by atoms with Gasteiger partial charge in [-0.25, -0.2) is 0 Å². The number of piperidine rings is 1. The molecule has 11 heteroatoms. The summed E-state index contributed by atoms with van der Waals surface area (Å²) in [4.78, 5) is 14.3. The number of benzene rings is 2. The van der Waals surface area contributed by atoms with E-state index in [-0.39, 0.29) is 37.3 Å². The zero-order valence-electron chi connectivity index (χ0n) is 19.4. The third-order valence-corrected chi connectivity index (χ3v) is 7.12. The molecule has 36 heavy (non-hydrogen) atoms. The molecule has 4 atom stereocenters. The average Bonchev–Trinajstić information content (AvgIpc) is 2.82. The van der Waals surface area contributed by atoms with Crippen LogP contribution in [0.1, 0.15) is 48.1 Å². The van der Waals surface area contributed by atoms with Crippen molar-refractivity contribution in [3.05, 3.63) is 70.8 Å². The number of ether oxygens (including phenoxy) is 1. The molecule has 4 rings (SSSR count). The molecule has 0 aromatic heterocycles. The molecule has 196 valence electrons. The normalized spacial score (nSPS) is 27.4. The molecule has 1 amide bonds. The van der Waals surface area contributed by atoms with Crippen molar-refractivity contribution in [2.75, 3.05) is 26.3 Å². The van der Waals surface area contributed by atoms with Gasteiger partial charge in [-0.1, -0.05) is 30.3 Å². The van der Waals surface area contributed by atoms with Crippen molar-refractivity contribution in [2.24, 2.45) is 0 Å². The van der Waals surface area contributed by atoms with Crippen LogP contribution in [0.5, 0.6) is 0 Å². The minimum absolute atomic E-state index is 0.0101. The van der Waals surface area contributed by atoms with E-state index < -0.39 is 40.7 Å². The topological polar surface area (TPSA) is 61.8 Å². The zero-order valence-corrected chi connectivity index (χ0v) is 19.4. The van der Waals surface area contributed by atoms with Crippen molar-refractivity contribution in [3.8, 4) is 0 Å². The molecule has 2 aromatic carbocycles. The van der Waals surface area contributed by atoms with Crippen LogP contribution in [0.2, 0.25) is 0 Å². The molecular weight excluding hydrogens is 490 g/mol. The molecule has 2 N–H and O–H groups in total. The number of aliphatic hydroxyl groups excluding tert-OH is 1. The Morgan fingerprint density at radius 3 is 2.19 bits per heavy atom. The first-order chi connectivity index (χ1) is 16.8. The SMILES string of the molecule is C[C@@H](OC[C@@]1(c2ccccc2)CC[C@@]2(CO)CN1CC(=O)N2)c1cc(C(F)(F)F)cc(C(F)(F)F)c1. The summed E-state index contributed by atoms with van der Waals surface area (Å²) < 4.78 is 86.0. The summed E-state index contributed by atoms with van der Waals surface area (Å²) in [6, 6.07) is 10.5. The predicted octanol–water partition coefficient (Wildman–Crippen LogP) is 4.65. The van der Waals surface area contributed by atoms with Gasteiger partial charge in [-0.3, -0.25) is 9.69 Å². The lowest BCUT2D eigenvalue weighted by molar-refractivity contribution is -0.146. The van der Waals surface area contributed by atoms with Crippen LogP contribution in [0.4, 0.5) is 26.3 Å². The fraction of sp³-hybridized carbons (Fsp3) is 0.480. The number of halogens is 6. The Hall–Kier alpha value is -2.63. The molecule has 5 nitrogen and oxygen atoms in total. The van der Waals surface area contributed by atoms with Crippen LogP contribution in [0.3, 0.4) is 0 Å². The van der Waals surface area contributed by atoms with Crippen LogP contribution in [-0.2, 0) is 27.4 Å². The van der Waals surface area contributed by atoms with E-state index >= 15 is 0 Å². The average molecular weight is 516 g/mol. The molecule has 2 aliphatic rings. The maximum Gasteiger partial charge on any atom is 0.416 e. The Balaban J connectivity index is 1.67. The van der Waals surface area contributed by atoms with Crippen molar-refractivity contribution in [1.82, 2.24) is 10.2 Å². The van der Waals surface area contributed by atoms with Gasteiger partial charge in [0.1, 0.15) is 0 Å². The summed E-state index contributed by atoms with van der Waals surface area (Å²) >= 11 is 0. The van der Waals surface area contributed by atoms with Crippen molar-refractivity contribution in [2.45, 2.75) is 49.3 Å². The molecular formula is C25H26F6N2O3. The number of nitrogens with one attached hydrogen (secondary N) is 1. The van der Waals surface area contributed by atoms with Gasteiger partial charge in [-0.05, 0) is 49.1 Å². The molecule has 0 spiro atoms. The molecule has 2 saturated heterocycles. The van der Waals surface area contributed by atoms with E-state index in [4.69, 9.17) is 4.74 Å². The first-order valence-electron chi connectivity index (χ1n) is 11.4. The summed E-state index contributed by atoms with van der Waals surface area (Å²) in [5, 5.41) is 12.8. The number of carbonyl (C=O) groups excluding carboxylic acids is 1. The largest absolute Gasteiger partial charge is 0.416 e. The van der Waals surface area contributed by atoms with Crippen LogP contribution in [0, 0.1) is 0 Å². The Labute approximate surface area is 204 Å². The molecule has 0 saturated carbocycles. The highest BCUT2D eigenvalue weighted by Crippen LogP contribution is 2.44. The Kier molecular flexibility index (Phi) is 6.87. The molecule has 2 aromatic rings. The molecule has 2 heterocycles. The summed E-state index contributed by atoms with van der Waals surface area (Å²) in [6.45, 7) is 1.39. The number of aliphatic hydroxyl groups is 1. The van der Waals surface area contributed by atoms with Gasteiger partial charge >= 0.3 is 12.4 Å². The van der Waals surface area contributed by atoms with E-state index in [1.807, 2.05) is 23.1 Å².